The van der Waals surface area contributed by atoms with E-state index in [0.29, 0.717) is 25.2 Å². The van der Waals surface area contributed by atoms with E-state index >= 15 is 0 Å². The zero-order valence-electron chi connectivity index (χ0n) is 16.0. The minimum Gasteiger partial charge on any atom is -0.345 e. The highest BCUT2D eigenvalue weighted by Gasteiger charge is 2.26. The highest BCUT2D eigenvalue weighted by Crippen LogP contribution is 2.09. The van der Waals surface area contributed by atoms with Crippen molar-refractivity contribution in [2.45, 2.75) is 78.9 Å². The number of carbonyl (C=O) groups excluding carboxylic acids is 3. The Hall–Kier alpha value is -1.43. The molecular weight excluding hydrogens is 306 g/mol. The first kappa shape index (κ1) is 22.6. The van der Waals surface area contributed by atoms with E-state index in [2.05, 4.69) is 10.6 Å². The molecule has 6 heteroatoms. The summed E-state index contributed by atoms with van der Waals surface area (Å²) in [5.74, 6) is 0.163. The molecule has 0 saturated heterocycles. The molecule has 2 amide bonds. The standard InChI is InChI=1S/C18H35N3O3/c1-11(2)7-14(10-22)20-18(24)16(9-13(5)6)21-17(23)15(19)8-12(3)4/h10-16H,7-9,19H2,1-6H3,(H,20,24)(H,21,23)/t14-,15?,16-/m0/s1. The fourth-order valence-electron chi connectivity index (χ4n) is 2.54. The Morgan fingerprint density at radius 3 is 1.75 bits per heavy atom. The van der Waals surface area contributed by atoms with E-state index in [4.69, 9.17) is 5.73 Å². The van der Waals surface area contributed by atoms with Crippen LogP contribution in [0.3, 0.4) is 0 Å². The Bertz CT molecular complexity index is 408. The lowest BCUT2D eigenvalue weighted by Crippen LogP contribution is -2.54. The first-order chi connectivity index (χ1) is 11.1. The van der Waals surface area contributed by atoms with Crippen LogP contribution in [-0.2, 0) is 14.4 Å². The van der Waals surface area contributed by atoms with Crippen molar-refractivity contribution in [3.05, 3.63) is 0 Å². The Morgan fingerprint density at radius 1 is 0.833 bits per heavy atom. The van der Waals surface area contributed by atoms with E-state index < -0.39 is 18.1 Å². The van der Waals surface area contributed by atoms with Crippen molar-refractivity contribution in [1.29, 1.82) is 0 Å². The van der Waals surface area contributed by atoms with Crippen molar-refractivity contribution in [2.24, 2.45) is 23.5 Å². The molecule has 0 radical (unpaired) electrons. The van der Waals surface area contributed by atoms with Gasteiger partial charge in [0.1, 0.15) is 12.3 Å². The third kappa shape index (κ3) is 9.65. The molecule has 0 saturated carbocycles. The number of carbonyl (C=O) groups is 3. The molecule has 0 fully saturated rings. The summed E-state index contributed by atoms with van der Waals surface area (Å²) in [6.45, 7) is 11.9. The highest BCUT2D eigenvalue weighted by atomic mass is 16.2. The minimum atomic E-state index is -0.676. The minimum absolute atomic E-state index is 0.224. The topological polar surface area (TPSA) is 101 Å². The number of rotatable bonds is 11. The van der Waals surface area contributed by atoms with Gasteiger partial charge in [0.05, 0.1) is 12.1 Å². The van der Waals surface area contributed by atoms with E-state index in [1.807, 2.05) is 41.5 Å². The van der Waals surface area contributed by atoms with Crippen LogP contribution in [0, 0.1) is 17.8 Å². The third-order valence-electron chi connectivity index (χ3n) is 3.62. The maximum Gasteiger partial charge on any atom is 0.243 e. The molecule has 0 heterocycles. The van der Waals surface area contributed by atoms with E-state index in [1.165, 1.54) is 0 Å². The van der Waals surface area contributed by atoms with Gasteiger partial charge in [-0.3, -0.25) is 9.59 Å². The van der Waals surface area contributed by atoms with Crippen molar-refractivity contribution in [2.75, 3.05) is 0 Å². The van der Waals surface area contributed by atoms with E-state index in [9.17, 15) is 14.4 Å². The van der Waals surface area contributed by atoms with E-state index in [1.54, 1.807) is 0 Å². The molecule has 0 aromatic rings. The molecule has 0 aliphatic carbocycles. The van der Waals surface area contributed by atoms with Crippen LogP contribution in [0.1, 0.15) is 60.8 Å². The number of nitrogens with one attached hydrogen (secondary N) is 2. The zero-order chi connectivity index (χ0) is 18.9. The fraction of sp³-hybridized carbons (Fsp3) is 0.833. The van der Waals surface area contributed by atoms with Gasteiger partial charge in [-0.1, -0.05) is 41.5 Å². The summed E-state index contributed by atoms with van der Waals surface area (Å²) in [5.41, 5.74) is 5.89. The summed E-state index contributed by atoms with van der Waals surface area (Å²) in [4.78, 5) is 35.9. The average Bonchev–Trinajstić information content (AvgIpc) is 2.43. The highest BCUT2D eigenvalue weighted by molar-refractivity contribution is 5.90. The second-order valence-electron chi connectivity index (χ2n) is 7.81. The molecule has 0 aromatic carbocycles. The molecule has 4 N–H and O–H groups in total. The van der Waals surface area contributed by atoms with Gasteiger partial charge in [-0.05, 0) is 37.0 Å². The van der Waals surface area contributed by atoms with Crippen molar-refractivity contribution in [3.63, 3.8) is 0 Å². The van der Waals surface area contributed by atoms with E-state index in [0.717, 1.165) is 6.29 Å². The summed E-state index contributed by atoms with van der Waals surface area (Å²) >= 11 is 0. The summed E-state index contributed by atoms with van der Waals surface area (Å²) in [6.07, 6.45) is 2.38. The summed E-state index contributed by atoms with van der Waals surface area (Å²) in [7, 11) is 0. The molecule has 3 atom stereocenters. The summed E-state index contributed by atoms with van der Waals surface area (Å²) in [5, 5.41) is 5.47. The smallest absolute Gasteiger partial charge is 0.243 e. The van der Waals surface area contributed by atoms with Crippen LogP contribution in [0.15, 0.2) is 0 Å². The van der Waals surface area contributed by atoms with Gasteiger partial charge >= 0.3 is 0 Å². The zero-order valence-corrected chi connectivity index (χ0v) is 16.0. The SMILES string of the molecule is CC(C)CC(N)C(=O)N[C@@H](CC(C)C)C(=O)N[C@H](C=O)CC(C)C. The summed E-state index contributed by atoms with van der Waals surface area (Å²) in [6, 6.07) is -1.84. The normalized spacial score (nSPS) is 15.2. The van der Waals surface area contributed by atoms with Crippen molar-refractivity contribution in [3.8, 4) is 0 Å². The predicted octanol–water partition coefficient (Wildman–Crippen LogP) is 1.62. The molecule has 1 unspecified atom stereocenters. The number of hydrogen-bond donors (Lipinski definition) is 3. The lowest BCUT2D eigenvalue weighted by molar-refractivity contribution is -0.131. The molecule has 0 rings (SSSR count). The van der Waals surface area contributed by atoms with Gasteiger partial charge in [0.15, 0.2) is 0 Å². The number of amides is 2. The first-order valence-electron chi connectivity index (χ1n) is 8.88. The average molecular weight is 341 g/mol. The number of hydrogen-bond acceptors (Lipinski definition) is 4. The van der Waals surface area contributed by atoms with Crippen molar-refractivity contribution in [1.82, 2.24) is 10.6 Å². The van der Waals surface area contributed by atoms with Crippen LogP contribution in [0.2, 0.25) is 0 Å². The molecule has 0 aliphatic rings. The van der Waals surface area contributed by atoms with Gasteiger partial charge in [-0.2, -0.15) is 0 Å². The van der Waals surface area contributed by atoms with Gasteiger partial charge in [0.25, 0.3) is 0 Å². The quantitative estimate of drug-likeness (QED) is 0.497. The molecule has 6 nitrogen and oxygen atoms in total. The van der Waals surface area contributed by atoms with Gasteiger partial charge < -0.3 is 21.2 Å². The molecule has 140 valence electrons. The van der Waals surface area contributed by atoms with Gasteiger partial charge in [0.2, 0.25) is 11.8 Å². The Morgan fingerprint density at radius 2 is 1.33 bits per heavy atom. The summed E-state index contributed by atoms with van der Waals surface area (Å²) < 4.78 is 0. The predicted molar refractivity (Wildman–Crippen MR) is 96.3 cm³/mol. The first-order valence-corrected chi connectivity index (χ1v) is 8.88. The number of nitrogens with two attached hydrogens (primary N) is 1. The van der Waals surface area contributed by atoms with Gasteiger partial charge in [-0.15, -0.1) is 0 Å². The van der Waals surface area contributed by atoms with Crippen LogP contribution in [0.5, 0.6) is 0 Å². The van der Waals surface area contributed by atoms with Crippen LogP contribution in [-0.4, -0.2) is 36.2 Å². The third-order valence-corrected chi connectivity index (χ3v) is 3.62. The second-order valence-corrected chi connectivity index (χ2v) is 7.81. The lowest BCUT2D eigenvalue weighted by Gasteiger charge is -2.24. The van der Waals surface area contributed by atoms with Crippen molar-refractivity contribution >= 4 is 18.1 Å². The molecule has 0 aliphatic heterocycles. The van der Waals surface area contributed by atoms with Crippen LogP contribution in [0.4, 0.5) is 0 Å². The Balaban J connectivity index is 4.88. The molecule has 0 bridgehead atoms. The maximum absolute atomic E-state index is 12.5. The molecule has 0 aromatic heterocycles. The van der Waals surface area contributed by atoms with Gasteiger partial charge in [-0.25, -0.2) is 0 Å². The Kier molecular flexibility index (Phi) is 10.5. The second kappa shape index (κ2) is 11.2. The Labute approximate surface area is 146 Å². The largest absolute Gasteiger partial charge is 0.345 e. The maximum atomic E-state index is 12.5. The number of aldehydes is 1. The molecular formula is C18H35N3O3. The monoisotopic (exact) mass is 341 g/mol. The van der Waals surface area contributed by atoms with Crippen LogP contribution >= 0.6 is 0 Å². The van der Waals surface area contributed by atoms with E-state index in [-0.39, 0.29) is 23.7 Å². The van der Waals surface area contributed by atoms with Crippen LogP contribution < -0.4 is 16.4 Å². The lowest BCUT2D eigenvalue weighted by atomic mass is 9.99. The molecule has 24 heavy (non-hydrogen) atoms. The van der Waals surface area contributed by atoms with Crippen molar-refractivity contribution < 1.29 is 14.4 Å². The molecule has 0 spiro atoms. The van der Waals surface area contributed by atoms with Crippen LogP contribution in [0.25, 0.3) is 0 Å². The van der Waals surface area contributed by atoms with Gasteiger partial charge in [0, 0.05) is 0 Å². The fourth-order valence-corrected chi connectivity index (χ4v) is 2.54.